The van der Waals surface area contributed by atoms with Gasteiger partial charge in [0.2, 0.25) is 0 Å². The van der Waals surface area contributed by atoms with Gasteiger partial charge in [0.05, 0.1) is 6.01 Å². The molecule has 0 heterocycles. The van der Waals surface area contributed by atoms with Gasteiger partial charge >= 0.3 is 0 Å². The van der Waals surface area contributed by atoms with Gasteiger partial charge in [-0.3, -0.25) is 0 Å². The quantitative estimate of drug-likeness (QED) is 0.677. The number of rotatable bonds is 2. The summed E-state index contributed by atoms with van der Waals surface area (Å²) in [5, 5.41) is 14.1. The van der Waals surface area contributed by atoms with E-state index >= 15 is 0 Å². The van der Waals surface area contributed by atoms with Gasteiger partial charge in [-0.2, -0.15) is 0 Å². The third kappa shape index (κ3) is 2.43. The van der Waals surface area contributed by atoms with Gasteiger partial charge in [-0.15, -0.1) is 0 Å². The van der Waals surface area contributed by atoms with E-state index in [4.69, 9.17) is 10.8 Å². The molecule has 2 aromatic carbocycles. The highest BCUT2D eigenvalue weighted by Gasteiger charge is 2.21. The van der Waals surface area contributed by atoms with Gasteiger partial charge in [0.25, 0.3) is 0 Å². The summed E-state index contributed by atoms with van der Waals surface area (Å²) in [6.07, 6.45) is 4.76. The van der Waals surface area contributed by atoms with Gasteiger partial charge in [-0.1, -0.05) is 61.9 Å². The summed E-state index contributed by atoms with van der Waals surface area (Å²) >= 11 is 0. The van der Waals surface area contributed by atoms with Crippen molar-refractivity contribution < 1.29 is 0 Å². The molecule has 0 spiro atoms. The molecule has 1 atom stereocenters. The van der Waals surface area contributed by atoms with E-state index in [0.717, 1.165) is 6.42 Å². The van der Waals surface area contributed by atoms with E-state index < -0.39 is 0 Å². The van der Waals surface area contributed by atoms with E-state index in [2.05, 4.69) is 56.3 Å². The zero-order valence-electron chi connectivity index (χ0n) is 12.0. The first kappa shape index (κ1) is 14.2. The van der Waals surface area contributed by atoms with Crippen LogP contribution in [0.15, 0.2) is 42.0 Å². The standard InChI is InChI=1S/C17H18.CH2N2/c1-3-12-11-14-9-5-7-13-8-6-10-16(17(13)14)15(12)4-2;2-1-3/h5-11,15H,3-4H2,1-2H3;2-3H. The Morgan fingerprint density at radius 3 is 2.30 bits per heavy atom. The maximum atomic E-state index is 5.62. The van der Waals surface area contributed by atoms with Crippen LogP contribution in [0.4, 0.5) is 0 Å². The van der Waals surface area contributed by atoms with Gasteiger partial charge in [0.1, 0.15) is 0 Å². The third-order valence-corrected chi connectivity index (χ3v) is 3.95. The molecule has 1 aliphatic carbocycles. The van der Waals surface area contributed by atoms with Crippen molar-refractivity contribution in [2.24, 2.45) is 0 Å². The van der Waals surface area contributed by atoms with Crippen molar-refractivity contribution in [2.75, 3.05) is 0 Å². The molecule has 2 aromatic rings. The second kappa shape index (κ2) is 6.31. The SMILES string of the molecule is CCC1=Cc2cccc3cccc(c23)C1CC.N=C=N. The lowest BCUT2D eigenvalue weighted by molar-refractivity contribution is 0.738. The molecule has 0 fully saturated rings. The molecule has 2 heteroatoms. The summed E-state index contributed by atoms with van der Waals surface area (Å²) in [4.78, 5) is 0. The summed E-state index contributed by atoms with van der Waals surface area (Å²) in [6.45, 7) is 4.56. The van der Waals surface area contributed by atoms with E-state index in [1.165, 1.54) is 34.3 Å². The highest BCUT2D eigenvalue weighted by Crippen LogP contribution is 2.41. The molecule has 0 saturated carbocycles. The summed E-state index contributed by atoms with van der Waals surface area (Å²) < 4.78 is 0. The van der Waals surface area contributed by atoms with Crippen molar-refractivity contribution in [3.05, 3.63) is 53.1 Å². The minimum atomic E-state index is 0.624. The summed E-state index contributed by atoms with van der Waals surface area (Å²) in [6, 6.07) is 14.6. The number of nitrogens with one attached hydrogen (secondary N) is 2. The monoisotopic (exact) mass is 264 g/mol. The first-order chi connectivity index (χ1) is 9.76. The Bertz CT molecular complexity index is 672. The summed E-state index contributed by atoms with van der Waals surface area (Å²) in [7, 11) is 0. The van der Waals surface area contributed by atoms with Crippen molar-refractivity contribution in [3.8, 4) is 0 Å². The highest BCUT2D eigenvalue weighted by atomic mass is 14.4. The number of hydrogen-bond donors (Lipinski definition) is 2. The maximum Gasteiger partial charge on any atom is 0.0831 e. The van der Waals surface area contributed by atoms with Gasteiger partial charge < -0.3 is 0 Å². The van der Waals surface area contributed by atoms with Crippen molar-refractivity contribution in [1.29, 1.82) is 10.8 Å². The first-order valence-corrected chi connectivity index (χ1v) is 7.07. The number of hydrogen-bond acceptors (Lipinski definition) is 2. The maximum absolute atomic E-state index is 5.62. The number of allylic oxidation sites excluding steroid dienone is 1. The second-order valence-electron chi connectivity index (χ2n) is 4.95. The fourth-order valence-electron chi connectivity index (χ4n) is 3.14. The average molecular weight is 264 g/mol. The van der Waals surface area contributed by atoms with Crippen LogP contribution < -0.4 is 0 Å². The minimum Gasteiger partial charge on any atom is -0.242 e. The van der Waals surface area contributed by atoms with E-state index in [1.807, 2.05) is 0 Å². The molecule has 3 rings (SSSR count). The molecular formula is C18H20N2. The average Bonchev–Trinajstić information content (AvgIpc) is 2.48. The predicted molar refractivity (Wildman–Crippen MR) is 85.7 cm³/mol. The Labute approximate surface area is 120 Å². The Balaban J connectivity index is 0.000000452. The van der Waals surface area contributed by atoms with Gasteiger partial charge in [0, 0.05) is 5.92 Å². The van der Waals surface area contributed by atoms with Crippen molar-refractivity contribution in [3.63, 3.8) is 0 Å². The van der Waals surface area contributed by atoms with Crippen LogP contribution in [0.2, 0.25) is 0 Å². The molecule has 0 bridgehead atoms. The smallest absolute Gasteiger partial charge is 0.0831 e. The van der Waals surface area contributed by atoms with Crippen molar-refractivity contribution in [2.45, 2.75) is 32.6 Å². The third-order valence-electron chi connectivity index (χ3n) is 3.95. The van der Waals surface area contributed by atoms with E-state index in [9.17, 15) is 0 Å². The molecule has 0 aromatic heterocycles. The topological polar surface area (TPSA) is 47.7 Å². The van der Waals surface area contributed by atoms with Crippen LogP contribution in [-0.2, 0) is 0 Å². The van der Waals surface area contributed by atoms with Crippen molar-refractivity contribution >= 4 is 22.9 Å². The lowest BCUT2D eigenvalue weighted by Crippen LogP contribution is -2.06. The van der Waals surface area contributed by atoms with Crippen LogP contribution in [0.5, 0.6) is 0 Å². The molecule has 0 amide bonds. The van der Waals surface area contributed by atoms with Crippen LogP contribution in [0, 0.1) is 10.8 Å². The van der Waals surface area contributed by atoms with Gasteiger partial charge in [-0.25, -0.2) is 10.8 Å². The van der Waals surface area contributed by atoms with Crippen molar-refractivity contribution in [1.82, 2.24) is 0 Å². The van der Waals surface area contributed by atoms with E-state index in [1.54, 1.807) is 5.57 Å². The van der Waals surface area contributed by atoms with Crippen LogP contribution in [-0.4, -0.2) is 6.01 Å². The Kier molecular flexibility index (Phi) is 4.49. The largest absolute Gasteiger partial charge is 0.242 e. The van der Waals surface area contributed by atoms with Crippen LogP contribution in [0.25, 0.3) is 16.8 Å². The highest BCUT2D eigenvalue weighted by molar-refractivity contribution is 5.96. The molecule has 2 nitrogen and oxygen atoms in total. The second-order valence-corrected chi connectivity index (χ2v) is 4.95. The Morgan fingerprint density at radius 1 is 1.05 bits per heavy atom. The molecule has 0 radical (unpaired) electrons. The lowest BCUT2D eigenvalue weighted by atomic mass is 9.79. The number of benzene rings is 2. The van der Waals surface area contributed by atoms with E-state index in [0.29, 0.717) is 5.92 Å². The summed E-state index contributed by atoms with van der Waals surface area (Å²) in [5.74, 6) is 0.624. The van der Waals surface area contributed by atoms with E-state index in [-0.39, 0.29) is 0 Å². The molecule has 20 heavy (non-hydrogen) atoms. The Hall–Kier alpha value is -2.18. The molecular weight excluding hydrogens is 244 g/mol. The zero-order chi connectivity index (χ0) is 14.5. The zero-order valence-corrected chi connectivity index (χ0v) is 12.0. The Morgan fingerprint density at radius 2 is 1.70 bits per heavy atom. The molecule has 2 N–H and O–H groups in total. The molecule has 0 saturated heterocycles. The fourth-order valence-corrected chi connectivity index (χ4v) is 3.14. The summed E-state index contributed by atoms with van der Waals surface area (Å²) in [5.41, 5.74) is 4.51. The molecule has 1 aliphatic rings. The van der Waals surface area contributed by atoms with Gasteiger partial charge in [0.15, 0.2) is 0 Å². The normalized spacial score (nSPS) is 15.9. The molecule has 102 valence electrons. The van der Waals surface area contributed by atoms with Gasteiger partial charge in [-0.05, 0) is 34.7 Å². The van der Waals surface area contributed by atoms with Crippen LogP contribution >= 0.6 is 0 Å². The minimum absolute atomic E-state index is 0.624. The molecule has 0 aliphatic heterocycles. The lowest BCUT2D eigenvalue weighted by Gasteiger charge is -2.26. The van der Waals surface area contributed by atoms with Crippen LogP contribution in [0.3, 0.4) is 0 Å². The predicted octanol–water partition coefficient (Wildman–Crippen LogP) is 5.46. The fraction of sp³-hybridized carbons (Fsp3) is 0.278. The molecule has 1 unspecified atom stereocenters. The first-order valence-electron chi connectivity index (χ1n) is 7.07. The van der Waals surface area contributed by atoms with Crippen LogP contribution in [0.1, 0.15) is 43.7 Å².